The van der Waals surface area contributed by atoms with Crippen LogP contribution in [0, 0.1) is 54.6 Å². The third kappa shape index (κ3) is 53.2. The van der Waals surface area contributed by atoms with Gasteiger partial charge in [-0.1, -0.05) is 80.1 Å². The van der Waals surface area contributed by atoms with Crippen LogP contribution in [-0.4, -0.2) is 17.9 Å². The van der Waals surface area contributed by atoms with Crippen LogP contribution in [0.15, 0.2) is 0 Å². The summed E-state index contributed by atoms with van der Waals surface area (Å²) in [5, 5.41) is 29.8. The molecule has 190 valence electrons. The minimum absolute atomic E-state index is 0. The van der Waals surface area contributed by atoms with E-state index in [0.29, 0.717) is 17.8 Å². The molecule has 0 radical (unpaired) electrons. The maximum Gasteiger partial charge on any atom is 3.00 e. The van der Waals surface area contributed by atoms with Crippen molar-refractivity contribution in [1.29, 1.82) is 0 Å². The van der Waals surface area contributed by atoms with E-state index in [9.17, 15) is 29.7 Å². The van der Waals surface area contributed by atoms with Gasteiger partial charge in [0.25, 0.3) is 0 Å². The minimum atomic E-state index is -0.927. The second-order valence-electron chi connectivity index (χ2n) is 9.03. The molecular formula is C24H45O6Tm. The van der Waals surface area contributed by atoms with Gasteiger partial charge in [0.15, 0.2) is 0 Å². The van der Waals surface area contributed by atoms with E-state index >= 15 is 0 Å². The van der Waals surface area contributed by atoms with Gasteiger partial charge in [-0.2, -0.15) is 0 Å². The number of carbonyl (C=O) groups excluding carboxylic acids is 3. The van der Waals surface area contributed by atoms with Crippen molar-refractivity contribution < 1.29 is 66.6 Å². The molecule has 0 heterocycles. The van der Waals surface area contributed by atoms with Crippen molar-refractivity contribution in [1.82, 2.24) is 0 Å². The molecular weight excluding hydrogens is 553 g/mol. The van der Waals surface area contributed by atoms with Crippen LogP contribution in [0.25, 0.3) is 0 Å². The maximum atomic E-state index is 9.93. The molecule has 0 N–H and O–H groups in total. The van der Waals surface area contributed by atoms with Crippen LogP contribution in [0.2, 0.25) is 0 Å². The number of carbonyl (C=O) groups is 3. The van der Waals surface area contributed by atoms with Crippen molar-refractivity contribution in [2.75, 3.05) is 0 Å². The summed E-state index contributed by atoms with van der Waals surface area (Å²) >= 11 is 0. The Morgan fingerprint density at radius 2 is 0.677 bits per heavy atom. The van der Waals surface area contributed by atoms with Crippen molar-refractivity contribution in [2.24, 2.45) is 17.8 Å². The first-order chi connectivity index (χ1) is 13.9. The molecule has 0 fully saturated rings. The Balaban J connectivity index is -0.000000174. The fourth-order valence-electron chi connectivity index (χ4n) is 2.47. The standard InChI is InChI=1S/3C8H16O2.Tm/c3*1-7(2)5-3-4-6-8(9)10;/h3*7H,3-6H2,1-2H3,(H,9,10);/q;;;+3/p-3. The van der Waals surface area contributed by atoms with Gasteiger partial charge in [-0.3, -0.25) is 0 Å². The van der Waals surface area contributed by atoms with Crippen LogP contribution in [0.1, 0.15) is 119 Å². The van der Waals surface area contributed by atoms with E-state index in [2.05, 4.69) is 41.5 Å². The van der Waals surface area contributed by atoms with Crippen LogP contribution < -0.4 is 15.3 Å². The van der Waals surface area contributed by atoms with E-state index in [1.807, 2.05) is 0 Å². The van der Waals surface area contributed by atoms with Gasteiger partial charge < -0.3 is 29.7 Å². The average Bonchev–Trinajstić information content (AvgIpc) is 2.60. The summed E-state index contributed by atoms with van der Waals surface area (Å²) in [5.74, 6) is -0.735. The Morgan fingerprint density at radius 3 is 0.806 bits per heavy atom. The van der Waals surface area contributed by atoms with Crippen LogP contribution in [0.4, 0.5) is 0 Å². The molecule has 0 aromatic carbocycles. The Labute approximate surface area is 219 Å². The van der Waals surface area contributed by atoms with Crippen molar-refractivity contribution >= 4 is 17.9 Å². The van der Waals surface area contributed by atoms with Gasteiger partial charge in [0.2, 0.25) is 0 Å². The summed E-state index contributed by atoms with van der Waals surface area (Å²) in [4.78, 5) is 29.8. The molecule has 31 heavy (non-hydrogen) atoms. The van der Waals surface area contributed by atoms with Crippen LogP contribution in [-0.2, 0) is 14.4 Å². The summed E-state index contributed by atoms with van der Waals surface area (Å²) < 4.78 is 0. The maximum absolute atomic E-state index is 9.93. The first-order valence-corrected chi connectivity index (χ1v) is 11.5. The Hall–Kier alpha value is -0.356. The van der Waals surface area contributed by atoms with Crippen molar-refractivity contribution in [3.8, 4) is 0 Å². The zero-order valence-corrected chi connectivity index (χ0v) is 22.2. The topological polar surface area (TPSA) is 120 Å². The van der Waals surface area contributed by atoms with Crippen molar-refractivity contribution in [3.05, 3.63) is 0 Å². The summed E-state index contributed by atoms with van der Waals surface area (Å²) in [6.07, 6.45) is 9.31. The molecule has 0 aliphatic heterocycles. The predicted octanol–water partition coefficient (Wildman–Crippen LogP) is 2.86. The van der Waals surface area contributed by atoms with Crippen molar-refractivity contribution in [3.63, 3.8) is 0 Å². The van der Waals surface area contributed by atoms with Crippen LogP contribution in [0.3, 0.4) is 0 Å². The molecule has 7 heteroatoms. The van der Waals surface area contributed by atoms with Crippen molar-refractivity contribution in [2.45, 2.75) is 119 Å². The van der Waals surface area contributed by atoms with E-state index in [1.54, 1.807) is 0 Å². The molecule has 0 aromatic heterocycles. The first kappa shape index (κ1) is 37.9. The SMILES string of the molecule is CC(C)CCCCC(=O)[O-].CC(C)CCCCC(=O)[O-].CC(C)CCCCC(=O)[O-].[Tm+3]. The number of hydrogen-bond donors (Lipinski definition) is 0. The fraction of sp³-hybridized carbons (Fsp3) is 0.875. The molecule has 0 aromatic rings. The quantitative estimate of drug-likeness (QED) is 0.268. The number of aliphatic carboxylic acids is 3. The number of carboxylic acids is 3. The molecule has 6 nitrogen and oxygen atoms in total. The average molecular weight is 599 g/mol. The summed E-state index contributed by atoms with van der Waals surface area (Å²) in [5.41, 5.74) is 0. The van der Waals surface area contributed by atoms with Crippen LogP contribution >= 0.6 is 0 Å². The zero-order valence-electron chi connectivity index (χ0n) is 20.4. The summed E-state index contributed by atoms with van der Waals surface area (Å²) in [7, 11) is 0. The van der Waals surface area contributed by atoms with Gasteiger partial charge in [-0.25, -0.2) is 0 Å². The van der Waals surface area contributed by atoms with Gasteiger partial charge in [0.1, 0.15) is 0 Å². The zero-order chi connectivity index (χ0) is 23.9. The van der Waals surface area contributed by atoms with Gasteiger partial charge in [0, 0.05) is 17.9 Å². The minimum Gasteiger partial charge on any atom is -0.550 e. The second-order valence-corrected chi connectivity index (χ2v) is 9.03. The number of carboxylic acid groups (broad SMARTS) is 3. The normalized spacial score (nSPS) is 9.97. The van der Waals surface area contributed by atoms with Crippen LogP contribution in [0.5, 0.6) is 0 Å². The van der Waals surface area contributed by atoms with Gasteiger partial charge in [0.05, 0.1) is 0 Å². The fourth-order valence-corrected chi connectivity index (χ4v) is 2.47. The Morgan fingerprint density at radius 1 is 0.484 bits per heavy atom. The monoisotopic (exact) mass is 598 g/mol. The summed E-state index contributed by atoms with van der Waals surface area (Å²) in [6, 6.07) is 0. The molecule has 0 saturated carbocycles. The molecule has 0 rings (SSSR count). The Bertz CT molecular complexity index is 360. The molecule has 0 spiro atoms. The Kier molecular flexibility index (Phi) is 33.9. The smallest absolute Gasteiger partial charge is 0.550 e. The molecule has 0 amide bonds. The number of rotatable bonds is 15. The van der Waals surface area contributed by atoms with E-state index < -0.39 is 17.9 Å². The molecule has 0 saturated heterocycles. The molecule has 0 aliphatic rings. The number of hydrogen-bond acceptors (Lipinski definition) is 6. The predicted molar refractivity (Wildman–Crippen MR) is 115 cm³/mol. The molecule has 0 atom stereocenters. The molecule has 0 unspecified atom stereocenters. The van der Waals surface area contributed by atoms with E-state index in [-0.39, 0.29) is 56.1 Å². The second kappa shape index (κ2) is 27.7. The molecule has 0 aliphatic carbocycles. The van der Waals surface area contributed by atoms with E-state index in [4.69, 9.17) is 0 Å². The van der Waals surface area contributed by atoms with Gasteiger partial charge >= 0.3 is 36.9 Å². The third-order valence-electron chi connectivity index (χ3n) is 4.24. The first-order valence-electron chi connectivity index (χ1n) is 11.5. The largest absolute Gasteiger partial charge is 3.00 e. The summed E-state index contributed by atoms with van der Waals surface area (Å²) in [6.45, 7) is 12.8. The van der Waals surface area contributed by atoms with E-state index in [1.165, 1.54) is 0 Å². The van der Waals surface area contributed by atoms with Gasteiger partial charge in [-0.15, -0.1) is 0 Å². The molecule has 0 bridgehead atoms. The van der Waals surface area contributed by atoms with E-state index in [0.717, 1.165) is 57.8 Å². The third-order valence-corrected chi connectivity index (χ3v) is 4.24. The van der Waals surface area contributed by atoms with Gasteiger partial charge in [-0.05, 0) is 56.3 Å². The number of unbranched alkanes of at least 4 members (excludes halogenated alkanes) is 3.